The number of anilines is 4. The molecule has 0 fully saturated rings. The van der Waals surface area contributed by atoms with Crippen molar-refractivity contribution in [1.82, 2.24) is 9.55 Å². The number of para-hydroxylation sites is 3. The van der Waals surface area contributed by atoms with Gasteiger partial charge < -0.3 is 19.1 Å². The predicted molar refractivity (Wildman–Crippen MR) is 325 cm³/mol. The quantitative estimate of drug-likeness (QED) is 0.0657. The molecule has 0 saturated carbocycles. The van der Waals surface area contributed by atoms with Crippen molar-refractivity contribution in [1.29, 1.82) is 0 Å². The van der Waals surface area contributed by atoms with Gasteiger partial charge in [0.2, 0.25) is 5.82 Å². The zero-order valence-corrected chi connectivity index (χ0v) is 51.5. The average molecular weight is 1290 g/mol. The van der Waals surface area contributed by atoms with Gasteiger partial charge in [0.15, 0.2) is 23.3 Å². The Hall–Kier alpha value is -7.55. The number of hydrogen-bond acceptors (Lipinski definition) is 4. The molecule has 0 spiro atoms. The van der Waals surface area contributed by atoms with E-state index in [-0.39, 0.29) is 48.6 Å². The van der Waals surface area contributed by atoms with Gasteiger partial charge in [-0.15, -0.1) is 53.6 Å². The number of aryl methyl sites for hydroxylation is 2. The monoisotopic (exact) mass is 1290 g/mol. The van der Waals surface area contributed by atoms with Crippen LogP contribution < -0.4 is 14.5 Å². The molecule has 0 amide bonds. The molecular weight excluding hydrogens is 1230 g/mol. The molecule has 428 valence electrons. The van der Waals surface area contributed by atoms with Crippen LogP contribution in [0, 0.1) is 61.7 Å². The van der Waals surface area contributed by atoms with Crippen molar-refractivity contribution in [3.05, 3.63) is 221 Å². The first-order valence-electron chi connectivity index (χ1n) is 27.7. The Labute approximate surface area is 499 Å². The molecule has 11 rings (SSSR count). The molecule has 5 nitrogen and oxygen atoms in total. The topological polar surface area (TPSA) is 33.5 Å². The van der Waals surface area contributed by atoms with Gasteiger partial charge in [-0.2, -0.15) is 6.07 Å². The number of ether oxygens (including phenoxy) is 1. The van der Waals surface area contributed by atoms with Gasteiger partial charge in [0.1, 0.15) is 5.82 Å². The van der Waals surface area contributed by atoms with E-state index in [4.69, 9.17) is 9.72 Å². The van der Waals surface area contributed by atoms with E-state index in [1.165, 1.54) is 0 Å². The van der Waals surface area contributed by atoms with Crippen LogP contribution in [0.1, 0.15) is 116 Å². The van der Waals surface area contributed by atoms with E-state index in [0.29, 0.717) is 45.3 Å². The third kappa shape index (κ3) is 10.9. The Kier molecular flexibility index (Phi) is 15.0. The van der Waals surface area contributed by atoms with E-state index in [1.807, 2.05) is 119 Å². The maximum Gasteiger partial charge on any atom is 0.200 e. The molecule has 0 atom stereocenters. The standard InChI is InChI=1S/C72H66F5N4O.Pt/c1-41-27-42(2)29-43(28-41)44-32-50(38-52(33-44)82-51-23-24-54-53-19-15-16-20-57(53)81(60(54)39-51)61-37-46(25-26-78-61)69(3,4)5)79-40-80(59-22-18-17-21-58(59)79)68-55(45-30-47(70(6,7)8)34-48(31-45)71(9,10)11)35-49(72(12,13)14)36-56(68)62-63(73)65(75)67(77)66(76)64(62)74;/h15-37,40H,1-14H3;/q-3;. The van der Waals surface area contributed by atoms with Crippen molar-refractivity contribution in [2.24, 2.45) is 0 Å². The molecule has 1 aliphatic rings. The normalized spacial score (nSPS) is 13.0. The smallest absolute Gasteiger partial charge is 0.200 e. The number of rotatable bonds is 8. The average Bonchev–Trinajstić information content (AvgIpc) is 3.14. The summed E-state index contributed by atoms with van der Waals surface area (Å²) >= 11 is 0. The second-order valence-electron chi connectivity index (χ2n) is 25.9. The Bertz CT molecular complexity index is 4130. The number of pyridine rings is 1. The molecule has 10 aromatic rings. The minimum absolute atomic E-state index is 0. The molecule has 0 saturated heterocycles. The van der Waals surface area contributed by atoms with E-state index in [1.54, 1.807) is 17.6 Å². The Morgan fingerprint density at radius 2 is 1.01 bits per heavy atom. The zero-order chi connectivity index (χ0) is 58.7. The van der Waals surface area contributed by atoms with Crippen molar-refractivity contribution < 1.29 is 47.8 Å². The summed E-state index contributed by atoms with van der Waals surface area (Å²) in [4.78, 5) is 8.59. The van der Waals surface area contributed by atoms with Gasteiger partial charge >= 0.3 is 0 Å². The van der Waals surface area contributed by atoms with Crippen LogP contribution in [0.4, 0.5) is 44.7 Å². The summed E-state index contributed by atoms with van der Waals surface area (Å²) in [6, 6.07) is 51.2. The molecule has 0 unspecified atom stereocenters. The van der Waals surface area contributed by atoms with E-state index < -0.39 is 40.1 Å². The molecule has 0 radical (unpaired) electrons. The number of aromatic nitrogens is 2. The van der Waals surface area contributed by atoms with Crippen molar-refractivity contribution in [2.45, 2.75) is 119 Å². The van der Waals surface area contributed by atoms with E-state index in [9.17, 15) is 0 Å². The van der Waals surface area contributed by atoms with Crippen molar-refractivity contribution in [3.8, 4) is 50.7 Å². The largest absolute Gasteiger partial charge is 0.509 e. The SMILES string of the molecule is Cc1cc(C)cc(-c2cc(Oc3[c-]c4c(cc3)c3ccccc3n4-c3cc(C(C)(C)C)ccn3)[c-]c(N3[CH-]N(c4c(-c5cc(C(C)(C)C)cc(C(C)(C)C)c5)cc(C(C)(C)C)cc4-c4c(F)c(F)c(F)c(F)c4F)c4ccccc43)c2)c1.[Pt]. The number of hydrogen-bond donors (Lipinski definition) is 0. The summed E-state index contributed by atoms with van der Waals surface area (Å²) in [7, 11) is 0. The molecule has 0 bridgehead atoms. The second-order valence-corrected chi connectivity index (χ2v) is 25.9. The molecule has 0 aliphatic carbocycles. The number of fused-ring (bicyclic) bond motifs is 4. The van der Waals surface area contributed by atoms with Gasteiger partial charge in [0.05, 0.1) is 5.56 Å². The number of halogens is 5. The fourth-order valence-corrected chi connectivity index (χ4v) is 11.0. The molecule has 8 aromatic carbocycles. The third-order valence-electron chi connectivity index (χ3n) is 15.6. The van der Waals surface area contributed by atoms with Crippen LogP contribution in [0.2, 0.25) is 0 Å². The summed E-state index contributed by atoms with van der Waals surface area (Å²) in [5.74, 6) is -8.61. The van der Waals surface area contributed by atoms with Crippen LogP contribution in [-0.2, 0) is 42.7 Å². The number of nitrogens with zero attached hydrogens (tertiary/aromatic N) is 4. The summed E-state index contributed by atoms with van der Waals surface area (Å²) in [5, 5.41) is 2.01. The Morgan fingerprint density at radius 1 is 0.470 bits per heavy atom. The third-order valence-corrected chi connectivity index (χ3v) is 15.6. The fraction of sp³-hybridized carbons (Fsp3) is 0.250. The van der Waals surface area contributed by atoms with Crippen LogP contribution in [0.5, 0.6) is 11.5 Å². The zero-order valence-electron chi connectivity index (χ0n) is 49.3. The molecule has 3 heterocycles. The molecule has 83 heavy (non-hydrogen) atoms. The summed E-state index contributed by atoms with van der Waals surface area (Å²) in [6.07, 6.45) is 1.84. The van der Waals surface area contributed by atoms with Gasteiger partial charge in [-0.3, -0.25) is 0 Å². The van der Waals surface area contributed by atoms with Gasteiger partial charge in [-0.25, -0.2) is 26.9 Å². The second kappa shape index (κ2) is 21.3. The van der Waals surface area contributed by atoms with Crippen LogP contribution in [0.15, 0.2) is 140 Å². The van der Waals surface area contributed by atoms with Crippen LogP contribution in [0.3, 0.4) is 0 Å². The minimum Gasteiger partial charge on any atom is -0.509 e. The van der Waals surface area contributed by atoms with E-state index >= 15 is 22.0 Å². The summed E-state index contributed by atoms with van der Waals surface area (Å²) < 4.78 is 89.2. The van der Waals surface area contributed by atoms with Crippen molar-refractivity contribution in [3.63, 3.8) is 0 Å². The van der Waals surface area contributed by atoms with E-state index in [2.05, 4.69) is 134 Å². The molecule has 1 aliphatic heterocycles. The van der Waals surface area contributed by atoms with Crippen LogP contribution in [-0.4, -0.2) is 9.55 Å². The van der Waals surface area contributed by atoms with Gasteiger partial charge in [-0.05, 0) is 117 Å². The maximum atomic E-state index is 16.8. The van der Waals surface area contributed by atoms with Crippen LogP contribution >= 0.6 is 0 Å². The van der Waals surface area contributed by atoms with Gasteiger partial charge in [-0.1, -0.05) is 166 Å². The first-order valence-corrected chi connectivity index (χ1v) is 27.7. The molecule has 2 aromatic heterocycles. The molecule has 11 heteroatoms. The fourth-order valence-electron chi connectivity index (χ4n) is 11.0. The van der Waals surface area contributed by atoms with E-state index in [0.717, 1.165) is 66.6 Å². The minimum atomic E-state index is -2.23. The van der Waals surface area contributed by atoms with Gasteiger partial charge in [0, 0.05) is 72.5 Å². The maximum absolute atomic E-state index is 16.8. The number of benzene rings is 8. The first kappa shape index (κ1) is 58.6. The Morgan fingerprint density at radius 3 is 1.63 bits per heavy atom. The van der Waals surface area contributed by atoms with Crippen molar-refractivity contribution >= 4 is 44.6 Å². The molecule has 0 N–H and O–H groups in total. The Balaban J connectivity index is 0.00000769. The van der Waals surface area contributed by atoms with Gasteiger partial charge in [0.25, 0.3) is 0 Å². The predicted octanol–water partition coefficient (Wildman–Crippen LogP) is 20.5. The summed E-state index contributed by atoms with van der Waals surface area (Å²) in [6.45, 7) is 31.0. The molecular formula is C72H66F5N4OPt-3. The van der Waals surface area contributed by atoms with Crippen molar-refractivity contribution in [2.75, 3.05) is 9.80 Å². The summed E-state index contributed by atoms with van der Waals surface area (Å²) in [5.41, 5.74) is 9.87. The first-order chi connectivity index (χ1) is 38.5. The van der Waals surface area contributed by atoms with Crippen LogP contribution in [0.25, 0.3) is 61.0 Å².